The molecule has 0 amide bonds. The van der Waals surface area contributed by atoms with Crippen molar-refractivity contribution >= 4 is 34.5 Å². The first-order valence-corrected chi connectivity index (χ1v) is 9.81. The van der Waals surface area contributed by atoms with Crippen molar-refractivity contribution < 1.29 is 4.42 Å². The Bertz CT molecular complexity index is 634. The number of benzene rings is 1. The standard InChI is InChI=1S/C17H22O2S2/c1-3-13-7-8-14-15(11-13)19-17(18)12-16(14)21-10-6-4-5-9-20-2/h7-8,11-12H,3-6,9-10H2,1-2H3. The summed E-state index contributed by atoms with van der Waals surface area (Å²) in [6.45, 7) is 2.10. The van der Waals surface area contributed by atoms with Gasteiger partial charge in [0.15, 0.2) is 0 Å². The Kier molecular flexibility index (Phi) is 6.71. The number of fused-ring (bicyclic) bond motifs is 1. The summed E-state index contributed by atoms with van der Waals surface area (Å²) in [6, 6.07) is 7.80. The van der Waals surface area contributed by atoms with E-state index < -0.39 is 0 Å². The van der Waals surface area contributed by atoms with Crippen molar-refractivity contribution in [3.63, 3.8) is 0 Å². The minimum absolute atomic E-state index is 0.249. The van der Waals surface area contributed by atoms with Gasteiger partial charge >= 0.3 is 5.63 Å². The van der Waals surface area contributed by atoms with E-state index in [2.05, 4.69) is 25.3 Å². The van der Waals surface area contributed by atoms with Crippen molar-refractivity contribution in [1.29, 1.82) is 0 Å². The lowest BCUT2D eigenvalue weighted by atomic mass is 10.1. The minimum Gasteiger partial charge on any atom is -0.423 e. The van der Waals surface area contributed by atoms with Gasteiger partial charge in [0.05, 0.1) is 0 Å². The Labute approximate surface area is 134 Å². The smallest absolute Gasteiger partial charge is 0.337 e. The van der Waals surface area contributed by atoms with Crippen LogP contribution in [0.2, 0.25) is 0 Å². The van der Waals surface area contributed by atoms with Gasteiger partial charge in [0.2, 0.25) is 0 Å². The molecule has 0 atom stereocenters. The molecule has 0 spiro atoms. The Morgan fingerprint density at radius 1 is 1.10 bits per heavy atom. The SMILES string of the molecule is CCc1ccc2c(SCCCCCSC)cc(=O)oc2c1. The average molecular weight is 322 g/mol. The maximum absolute atomic E-state index is 11.7. The number of unbranched alkanes of at least 4 members (excludes halogenated alkanes) is 2. The highest BCUT2D eigenvalue weighted by Gasteiger charge is 2.06. The molecule has 0 unspecified atom stereocenters. The fourth-order valence-corrected chi connectivity index (χ4v) is 3.79. The van der Waals surface area contributed by atoms with Gasteiger partial charge in [-0.2, -0.15) is 11.8 Å². The quantitative estimate of drug-likeness (QED) is 0.389. The van der Waals surface area contributed by atoms with Crippen LogP contribution in [0.15, 0.2) is 38.4 Å². The van der Waals surface area contributed by atoms with E-state index in [1.54, 1.807) is 17.8 Å². The summed E-state index contributed by atoms with van der Waals surface area (Å²) in [5.41, 5.74) is 1.66. The van der Waals surface area contributed by atoms with Crippen LogP contribution in [0, 0.1) is 0 Å². The van der Waals surface area contributed by atoms with Crippen molar-refractivity contribution in [2.75, 3.05) is 17.8 Å². The molecule has 0 saturated heterocycles. The Morgan fingerprint density at radius 3 is 2.67 bits per heavy atom. The average Bonchev–Trinajstić information content (AvgIpc) is 2.49. The Morgan fingerprint density at radius 2 is 1.90 bits per heavy atom. The molecule has 0 aliphatic carbocycles. The van der Waals surface area contributed by atoms with Crippen LogP contribution >= 0.6 is 23.5 Å². The first-order valence-electron chi connectivity index (χ1n) is 7.43. The van der Waals surface area contributed by atoms with E-state index in [4.69, 9.17) is 4.42 Å². The molecule has 114 valence electrons. The van der Waals surface area contributed by atoms with Crippen molar-refractivity contribution in [2.45, 2.75) is 37.5 Å². The monoisotopic (exact) mass is 322 g/mol. The van der Waals surface area contributed by atoms with Gasteiger partial charge in [0, 0.05) is 16.3 Å². The molecule has 21 heavy (non-hydrogen) atoms. The van der Waals surface area contributed by atoms with Crippen LogP contribution in [0.1, 0.15) is 31.7 Å². The molecule has 0 aliphatic rings. The molecule has 0 N–H and O–H groups in total. The molecule has 0 bridgehead atoms. The molecule has 0 radical (unpaired) electrons. The van der Waals surface area contributed by atoms with Gasteiger partial charge < -0.3 is 4.42 Å². The van der Waals surface area contributed by atoms with E-state index in [0.29, 0.717) is 5.58 Å². The molecular formula is C17H22O2S2. The highest BCUT2D eigenvalue weighted by molar-refractivity contribution is 7.99. The van der Waals surface area contributed by atoms with Crippen molar-refractivity contribution in [2.24, 2.45) is 0 Å². The Balaban J connectivity index is 2.07. The molecular weight excluding hydrogens is 300 g/mol. The second kappa shape index (κ2) is 8.54. The van der Waals surface area contributed by atoms with Crippen molar-refractivity contribution in [1.82, 2.24) is 0 Å². The summed E-state index contributed by atoms with van der Waals surface area (Å²) in [5.74, 6) is 2.30. The molecule has 1 heterocycles. The van der Waals surface area contributed by atoms with E-state index in [0.717, 1.165) is 22.5 Å². The summed E-state index contributed by atoms with van der Waals surface area (Å²) in [7, 11) is 0. The Hall–Kier alpha value is -0.870. The summed E-state index contributed by atoms with van der Waals surface area (Å²) in [5, 5.41) is 1.06. The zero-order valence-electron chi connectivity index (χ0n) is 12.7. The van der Waals surface area contributed by atoms with Crippen molar-refractivity contribution in [3.05, 3.63) is 40.2 Å². The fraction of sp³-hybridized carbons (Fsp3) is 0.471. The van der Waals surface area contributed by atoms with Gasteiger partial charge in [0.25, 0.3) is 0 Å². The zero-order chi connectivity index (χ0) is 15.1. The van der Waals surface area contributed by atoms with E-state index in [1.165, 1.54) is 30.6 Å². The summed E-state index contributed by atoms with van der Waals surface area (Å²) >= 11 is 3.67. The third kappa shape index (κ3) is 4.82. The first-order chi connectivity index (χ1) is 10.2. The number of thioether (sulfide) groups is 2. The summed E-state index contributed by atoms with van der Waals surface area (Å²) < 4.78 is 5.33. The summed E-state index contributed by atoms with van der Waals surface area (Å²) in [4.78, 5) is 12.7. The second-order valence-electron chi connectivity index (χ2n) is 5.02. The minimum atomic E-state index is -0.249. The van der Waals surface area contributed by atoms with Gasteiger partial charge in [-0.1, -0.05) is 19.4 Å². The van der Waals surface area contributed by atoms with Crippen LogP contribution in [-0.2, 0) is 6.42 Å². The van der Waals surface area contributed by atoms with Gasteiger partial charge in [-0.05, 0) is 54.7 Å². The van der Waals surface area contributed by atoms with Crippen LogP contribution in [0.25, 0.3) is 11.0 Å². The van der Waals surface area contributed by atoms with E-state index in [1.807, 2.05) is 17.8 Å². The van der Waals surface area contributed by atoms with Crippen LogP contribution in [-0.4, -0.2) is 17.8 Å². The first kappa shape index (κ1) is 16.5. The fourth-order valence-electron chi connectivity index (χ4n) is 2.22. The van der Waals surface area contributed by atoms with Crippen LogP contribution in [0.4, 0.5) is 0 Å². The number of rotatable bonds is 8. The zero-order valence-corrected chi connectivity index (χ0v) is 14.3. The molecule has 0 saturated carbocycles. The third-order valence-corrected chi connectivity index (χ3v) is 5.27. The maximum Gasteiger partial charge on any atom is 0.337 e. The highest BCUT2D eigenvalue weighted by Crippen LogP contribution is 2.28. The predicted octanol–water partition coefficient (Wildman–Crippen LogP) is 4.98. The number of hydrogen-bond acceptors (Lipinski definition) is 4. The van der Waals surface area contributed by atoms with E-state index in [-0.39, 0.29) is 5.63 Å². The van der Waals surface area contributed by atoms with Crippen LogP contribution in [0.5, 0.6) is 0 Å². The number of aryl methyl sites for hydroxylation is 1. The topological polar surface area (TPSA) is 30.2 Å². The van der Waals surface area contributed by atoms with Gasteiger partial charge in [-0.25, -0.2) is 4.79 Å². The predicted molar refractivity (Wildman–Crippen MR) is 94.8 cm³/mol. The van der Waals surface area contributed by atoms with Gasteiger partial charge in [0.1, 0.15) is 5.58 Å². The normalized spacial score (nSPS) is 11.1. The van der Waals surface area contributed by atoms with E-state index >= 15 is 0 Å². The molecule has 2 nitrogen and oxygen atoms in total. The van der Waals surface area contributed by atoms with Gasteiger partial charge in [-0.3, -0.25) is 0 Å². The lowest BCUT2D eigenvalue weighted by Gasteiger charge is -2.06. The lowest BCUT2D eigenvalue weighted by Crippen LogP contribution is -1.98. The molecule has 1 aromatic heterocycles. The lowest BCUT2D eigenvalue weighted by molar-refractivity contribution is 0.557. The molecule has 0 fully saturated rings. The van der Waals surface area contributed by atoms with E-state index in [9.17, 15) is 4.79 Å². The molecule has 2 aromatic rings. The second-order valence-corrected chi connectivity index (χ2v) is 7.14. The molecule has 1 aromatic carbocycles. The van der Waals surface area contributed by atoms with Crippen LogP contribution in [0.3, 0.4) is 0 Å². The molecule has 4 heteroatoms. The third-order valence-electron chi connectivity index (χ3n) is 3.43. The van der Waals surface area contributed by atoms with Crippen molar-refractivity contribution in [3.8, 4) is 0 Å². The highest BCUT2D eigenvalue weighted by atomic mass is 32.2. The van der Waals surface area contributed by atoms with Gasteiger partial charge in [-0.15, -0.1) is 11.8 Å². The molecule has 2 rings (SSSR count). The van der Waals surface area contributed by atoms with Crippen LogP contribution < -0.4 is 5.63 Å². The largest absolute Gasteiger partial charge is 0.423 e. The number of hydrogen-bond donors (Lipinski definition) is 0. The molecule has 0 aliphatic heterocycles. The maximum atomic E-state index is 11.7. The summed E-state index contributed by atoms with van der Waals surface area (Å²) in [6.07, 6.45) is 6.83.